The lowest BCUT2D eigenvalue weighted by atomic mass is 10.2. The zero-order valence-electron chi connectivity index (χ0n) is 36.5. The lowest BCUT2D eigenvalue weighted by molar-refractivity contribution is 0.00430. The number of pyridine rings is 4. The molecular formula is C48H52N4O14. The van der Waals surface area contributed by atoms with Gasteiger partial charge in [-0.2, -0.15) is 0 Å². The Morgan fingerprint density at radius 2 is 0.727 bits per heavy atom. The summed E-state index contributed by atoms with van der Waals surface area (Å²) in [5.74, 6) is 0.909. The van der Waals surface area contributed by atoms with E-state index in [0.717, 1.165) is 10.8 Å². The van der Waals surface area contributed by atoms with Gasteiger partial charge in [0.2, 0.25) is 0 Å². The van der Waals surface area contributed by atoms with E-state index in [9.17, 15) is 9.59 Å². The van der Waals surface area contributed by atoms with Gasteiger partial charge in [-0.25, -0.2) is 29.5 Å². The summed E-state index contributed by atoms with van der Waals surface area (Å²) in [6.07, 6.45) is 3.24. The molecule has 0 saturated heterocycles. The molecule has 348 valence electrons. The van der Waals surface area contributed by atoms with Crippen LogP contribution in [0.1, 0.15) is 32.1 Å². The summed E-state index contributed by atoms with van der Waals surface area (Å²) >= 11 is 0. The molecule has 4 bridgehead atoms. The maximum Gasteiger partial charge on any atom is 0.357 e. The lowest BCUT2D eigenvalue weighted by Gasteiger charge is -2.14. The van der Waals surface area contributed by atoms with Gasteiger partial charge in [0.15, 0.2) is 22.7 Å². The Morgan fingerprint density at radius 1 is 0.409 bits per heavy atom. The third-order valence-electron chi connectivity index (χ3n) is 9.44. The van der Waals surface area contributed by atoms with Gasteiger partial charge in [-0.05, 0) is 83.9 Å². The molecule has 4 aromatic heterocycles. The highest BCUT2D eigenvalue weighted by Crippen LogP contribution is 2.26. The summed E-state index contributed by atoms with van der Waals surface area (Å²) in [5.41, 5.74) is 2.54. The van der Waals surface area contributed by atoms with Crippen LogP contribution in [-0.4, -0.2) is 138 Å². The average Bonchev–Trinajstić information content (AvgIpc) is 3.34. The van der Waals surface area contributed by atoms with E-state index in [-0.39, 0.29) is 51.0 Å². The van der Waals surface area contributed by atoms with Crippen molar-refractivity contribution in [3.05, 3.63) is 120 Å². The SMILES string of the molecule is O=C(OCc1cc2cc(c1)OCCOCCOCCOCCOc1cc(COC(=O)c3ccc4cccnc4n3)cc(c1)OCCOCCOCCOCCO2)c1ccc2cccnc2n1. The van der Waals surface area contributed by atoms with Crippen molar-refractivity contribution in [1.82, 2.24) is 19.9 Å². The highest BCUT2D eigenvalue weighted by molar-refractivity contribution is 5.91. The molecule has 0 radical (unpaired) electrons. The fourth-order valence-corrected chi connectivity index (χ4v) is 6.30. The largest absolute Gasteiger partial charge is 0.491 e. The number of nitrogens with zero attached hydrogens (tertiary/aromatic N) is 4. The molecule has 0 saturated carbocycles. The van der Waals surface area contributed by atoms with Gasteiger partial charge in [-0.3, -0.25) is 0 Å². The predicted octanol–water partition coefficient (Wildman–Crippen LogP) is 5.62. The Balaban J connectivity index is 0.869. The van der Waals surface area contributed by atoms with E-state index in [0.29, 0.717) is 125 Å². The maximum absolute atomic E-state index is 12.9. The van der Waals surface area contributed by atoms with Gasteiger partial charge < -0.3 is 56.8 Å². The van der Waals surface area contributed by atoms with E-state index in [4.69, 9.17) is 56.8 Å². The molecule has 0 amide bonds. The number of fused-ring (bicyclic) bond motifs is 6. The normalized spacial score (nSPS) is 15.9. The maximum atomic E-state index is 12.9. The molecule has 0 N–H and O–H groups in total. The van der Waals surface area contributed by atoms with Gasteiger partial charge in [0, 0.05) is 35.3 Å². The van der Waals surface area contributed by atoms with Crippen LogP contribution < -0.4 is 18.9 Å². The first-order valence-electron chi connectivity index (χ1n) is 21.6. The first-order chi connectivity index (χ1) is 32.6. The second-order valence-corrected chi connectivity index (χ2v) is 14.3. The number of ether oxygens (including phenoxy) is 12. The van der Waals surface area contributed by atoms with Gasteiger partial charge in [0.05, 0.1) is 79.3 Å². The molecule has 0 unspecified atom stereocenters. The molecule has 18 heteroatoms. The first kappa shape index (κ1) is 47.4. The number of benzene rings is 2. The zero-order chi connectivity index (χ0) is 45.4. The highest BCUT2D eigenvalue weighted by atomic mass is 16.6. The summed E-state index contributed by atoms with van der Waals surface area (Å²) in [4.78, 5) is 42.9. The van der Waals surface area contributed by atoms with Crippen LogP contribution >= 0.6 is 0 Å². The highest BCUT2D eigenvalue weighted by Gasteiger charge is 2.14. The topological polar surface area (TPSA) is 196 Å². The number of carbonyl (C=O) groups excluding carboxylic acids is 2. The zero-order valence-corrected chi connectivity index (χ0v) is 36.5. The van der Waals surface area contributed by atoms with Gasteiger partial charge >= 0.3 is 11.9 Å². The van der Waals surface area contributed by atoms with Crippen molar-refractivity contribution < 1.29 is 66.4 Å². The summed E-state index contributed by atoms with van der Waals surface area (Å²) in [5, 5.41) is 1.64. The van der Waals surface area contributed by atoms with Crippen molar-refractivity contribution in [2.45, 2.75) is 13.2 Å². The van der Waals surface area contributed by atoms with Crippen LogP contribution in [0.15, 0.2) is 97.3 Å². The molecule has 0 atom stereocenters. The minimum Gasteiger partial charge on any atom is -0.491 e. The molecule has 6 aromatic rings. The number of hydrogen-bond donors (Lipinski definition) is 0. The van der Waals surface area contributed by atoms with Crippen molar-refractivity contribution >= 4 is 34.0 Å². The smallest absolute Gasteiger partial charge is 0.357 e. The van der Waals surface area contributed by atoms with Gasteiger partial charge in [0.25, 0.3) is 0 Å². The number of carbonyl (C=O) groups is 2. The first-order valence-corrected chi connectivity index (χ1v) is 21.6. The van der Waals surface area contributed by atoms with E-state index in [1.54, 1.807) is 85.2 Å². The Hall–Kier alpha value is -6.54. The third kappa shape index (κ3) is 15.9. The molecule has 0 spiro atoms. The average molecular weight is 909 g/mol. The van der Waals surface area contributed by atoms with Crippen molar-refractivity contribution in [3.63, 3.8) is 0 Å². The van der Waals surface area contributed by atoms with Crippen LogP contribution in [0.25, 0.3) is 22.1 Å². The number of aromatic nitrogens is 4. The van der Waals surface area contributed by atoms with E-state index in [2.05, 4.69) is 19.9 Å². The van der Waals surface area contributed by atoms with Crippen molar-refractivity contribution in [3.8, 4) is 23.0 Å². The molecule has 18 nitrogen and oxygen atoms in total. The minimum atomic E-state index is -0.581. The lowest BCUT2D eigenvalue weighted by Crippen LogP contribution is -2.15. The fourth-order valence-electron chi connectivity index (χ4n) is 6.30. The summed E-state index contributed by atoms with van der Waals surface area (Å²) in [7, 11) is 0. The quantitative estimate of drug-likeness (QED) is 0.187. The Morgan fingerprint density at radius 3 is 1.06 bits per heavy atom. The van der Waals surface area contributed by atoms with Gasteiger partial charge in [-0.1, -0.05) is 0 Å². The molecule has 1 aliphatic heterocycles. The second-order valence-electron chi connectivity index (χ2n) is 14.3. The molecule has 5 heterocycles. The van der Waals surface area contributed by atoms with Crippen LogP contribution in [0.3, 0.4) is 0 Å². The summed E-state index contributed by atoms with van der Waals surface area (Å²) < 4.78 is 69.2. The van der Waals surface area contributed by atoms with Crippen molar-refractivity contribution in [2.75, 3.05) is 106 Å². The molecular weight excluding hydrogens is 857 g/mol. The summed E-state index contributed by atoms with van der Waals surface area (Å²) in [6, 6.07) is 24.7. The van der Waals surface area contributed by atoms with Crippen molar-refractivity contribution in [1.29, 1.82) is 0 Å². The third-order valence-corrected chi connectivity index (χ3v) is 9.44. The molecule has 0 fully saturated rings. The van der Waals surface area contributed by atoms with Crippen LogP contribution in [0.4, 0.5) is 0 Å². The number of rotatable bonds is 6. The molecule has 7 rings (SSSR count). The van der Waals surface area contributed by atoms with E-state index in [1.165, 1.54) is 0 Å². The monoisotopic (exact) mass is 908 g/mol. The summed E-state index contributed by atoms with van der Waals surface area (Å²) in [6.45, 7) is 5.12. The Kier molecular flexibility index (Phi) is 19.0. The number of hydrogen-bond acceptors (Lipinski definition) is 18. The van der Waals surface area contributed by atoms with E-state index in [1.807, 2.05) is 12.1 Å². The van der Waals surface area contributed by atoms with Crippen molar-refractivity contribution in [2.24, 2.45) is 0 Å². The van der Waals surface area contributed by atoms with Gasteiger partial charge in [-0.15, -0.1) is 0 Å². The number of esters is 2. The fraction of sp³-hybridized carbons (Fsp3) is 0.375. The molecule has 1 aliphatic rings. The van der Waals surface area contributed by atoms with Crippen LogP contribution in [0.5, 0.6) is 23.0 Å². The standard InChI is InChI=1S/C48H52N4O14/c53-47(43-7-5-37-3-1-9-49-45(37)51-43)65-33-35-27-39-31-40(28-35)62-24-20-58-16-12-56-14-18-60-22-26-64-42-30-36(34-66-48(54)44-8-6-38-4-2-10-50-46(38)52-44)29-41(32-42)63-25-21-59-17-13-55-11-15-57-19-23-61-39/h1-10,27-32H,11-26,33-34H2. The second kappa shape index (κ2) is 26.4. The van der Waals surface area contributed by atoms with E-state index >= 15 is 0 Å². The molecule has 0 aliphatic carbocycles. The molecule has 66 heavy (non-hydrogen) atoms. The minimum absolute atomic E-state index is 0.0387. The van der Waals surface area contributed by atoms with Gasteiger partial charge in [0.1, 0.15) is 62.6 Å². The van der Waals surface area contributed by atoms with Crippen LogP contribution in [0, 0.1) is 0 Å². The predicted molar refractivity (Wildman–Crippen MR) is 237 cm³/mol. The van der Waals surface area contributed by atoms with Crippen LogP contribution in [-0.2, 0) is 51.1 Å². The van der Waals surface area contributed by atoms with E-state index < -0.39 is 11.9 Å². The Labute approximate surface area is 381 Å². The molecule has 2 aromatic carbocycles. The van der Waals surface area contributed by atoms with Crippen LogP contribution in [0.2, 0.25) is 0 Å². The Bertz CT molecular complexity index is 2220.